The maximum absolute atomic E-state index is 13.7. The maximum atomic E-state index is 13.7. The number of hydrogen-bond donors (Lipinski definition) is 3. The fourth-order valence-corrected chi connectivity index (χ4v) is 5.17. The summed E-state index contributed by atoms with van der Waals surface area (Å²) in [6, 6.07) is 8.02. The van der Waals surface area contributed by atoms with Crippen molar-refractivity contribution in [3.8, 4) is 5.75 Å². The van der Waals surface area contributed by atoms with E-state index in [9.17, 15) is 28.8 Å². The highest BCUT2D eigenvalue weighted by Gasteiger charge is 2.39. The SMILES string of the molecule is CC(C)C(=O)[C@H](C)OC(=O)[C@H](C)N[P@](=O)(OC[C@H]1O[C@@H](n2ccc(=O)[nH]c2=O)C[C@@H]1O)Oc1ccccc1. The molecule has 1 aromatic heterocycles. The Morgan fingerprint density at radius 2 is 1.87 bits per heavy atom. The molecule has 3 rings (SSSR count). The fourth-order valence-electron chi connectivity index (χ4n) is 3.67. The molecule has 3 N–H and O–H groups in total. The molecule has 1 aliphatic heterocycles. The number of aromatic amines is 1. The lowest BCUT2D eigenvalue weighted by atomic mass is 10.1. The molecule has 1 saturated heterocycles. The smallest absolute Gasteiger partial charge is 0.453 e. The average molecular weight is 554 g/mol. The number of rotatable bonds is 12. The van der Waals surface area contributed by atoms with Crippen LogP contribution in [0.5, 0.6) is 5.75 Å². The van der Waals surface area contributed by atoms with Gasteiger partial charge in [-0.3, -0.25) is 28.5 Å². The zero-order valence-corrected chi connectivity index (χ0v) is 22.3. The Hall–Kier alpha value is -3.09. The first-order chi connectivity index (χ1) is 17.9. The van der Waals surface area contributed by atoms with Gasteiger partial charge in [0.25, 0.3) is 5.56 Å². The first kappa shape index (κ1) is 29.5. The number of benzene rings is 1. The molecule has 1 aromatic carbocycles. The second-order valence-corrected chi connectivity index (χ2v) is 10.8. The molecule has 2 aromatic rings. The highest BCUT2D eigenvalue weighted by molar-refractivity contribution is 7.52. The van der Waals surface area contributed by atoms with Crippen LogP contribution in [0, 0.1) is 5.92 Å². The van der Waals surface area contributed by atoms with E-state index in [4.69, 9.17) is 18.5 Å². The number of hydrogen-bond acceptors (Lipinski definition) is 10. The number of H-pyrrole nitrogens is 1. The standard InChI is InChI=1S/C24H32N3O10P/c1-14(2)22(30)16(4)35-23(31)15(3)26-38(33,37-17-8-6-5-7-9-17)34-13-19-18(28)12-21(36-19)27-11-10-20(29)25-24(27)32/h5-11,14-16,18-19,21,28H,12-13H2,1-4H3,(H,26,33)(H,25,29,32)/t15-,16-,18-,19+,21+,38-/m0/s1. The van der Waals surface area contributed by atoms with Gasteiger partial charge in [-0.15, -0.1) is 0 Å². The molecule has 0 saturated carbocycles. The molecule has 14 heteroatoms. The third-order valence-electron chi connectivity index (χ3n) is 5.71. The third-order valence-corrected chi connectivity index (χ3v) is 7.35. The molecular weight excluding hydrogens is 521 g/mol. The van der Waals surface area contributed by atoms with E-state index in [2.05, 4.69) is 10.1 Å². The molecule has 1 fully saturated rings. The molecule has 0 aliphatic carbocycles. The van der Waals surface area contributed by atoms with Crippen molar-refractivity contribution in [1.82, 2.24) is 14.6 Å². The van der Waals surface area contributed by atoms with Crippen molar-refractivity contribution in [3.63, 3.8) is 0 Å². The van der Waals surface area contributed by atoms with Gasteiger partial charge in [0.15, 0.2) is 11.9 Å². The third kappa shape index (κ3) is 7.71. The van der Waals surface area contributed by atoms with E-state index in [1.54, 1.807) is 32.0 Å². The molecular formula is C24H32N3O10P. The van der Waals surface area contributed by atoms with E-state index in [-0.39, 0.29) is 23.9 Å². The van der Waals surface area contributed by atoms with Gasteiger partial charge in [0.1, 0.15) is 24.1 Å². The minimum absolute atomic E-state index is 0.00173. The summed E-state index contributed by atoms with van der Waals surface area (Å²) in [5, 5.41) is 13.0. The first-order valence-electron chi connectivity index (χ1n) is 12.0. The monoisotopic (exact) mass is 553 g/mol. The number of ether oxygens (including phenoxy) is 2. The molecule has 13 nitrogen and oxygen atoms in total. The molecule has 1 aliphatic rings. The number of carbonyl (C=O) groups is 2. The minimum Gasteiger partial charge on any atom is -0.453 e. The van der Waals surface area contributed by atoms with Gasteiger partial charge < -0.3 is 19.1 Å². The van der Waals surface area contributed by atoms with Crippen LogP contribution in [-0.4, -0.2) is 57.4 Å². The van der Waals surface area contributed by atoms with Crippen molar-refractivity contribution in [1.29, 1.82) is 0 Å². The molecule has 38 heavy (non-hydrogen) atoms. The summed E-state index contributed by atoms with van der Waals surface area (Å²) < 4.78 is 36.8. The van der Waals surface area contributed by atoms with E-state index in [0.717, 1.165) is 10.6 Å². The topological polar surface area (TPSA) is 175 Å². The summed E-state index contributed by atoms with van der Waals surface area (Å²) in [7, 11) is -4.27. The highest BCUT2D eigenvalue weighted by atomic mass is 31.2. The lowest BCUT2D eigenvalue weighted by Gasteiger charge is -2.25. The molecule has 208 valence electrons. The summed E-state index contributed by atoms with van der Waals surface area (Å²) in [5.41, 5.74) is -1.29. The van der Waals surface area contributed by atoms with E-state index in [1.165, 1.54) is 32.2 Å². The number of nitrogens with zero attached hydrogens (tertiary/aromatic N) is 1. The quantitative estimate of drug-likeness (QED) is 0.257. The number of aromatic nitrogens is 2. The number of esters is 1. The van der Waals surface area contributed by atoms with Gasteiger partial charge in [0.2, 0.25) is 0 Å². The van der Waals surface area contributed by atoms with Crippen LogP contribution in [-0.2, 0) is 28.2 Å². The Kier molecular flexibility index (Phi) is 9.80. The van der Waals surface area contributed by atoms with Gasteiger partial charge in [-0.2, -0.15) is 5.09 Å². The Morgan fingerprint density at radius 3 is 2.50 bits per heavy atom. The number of Topliss-reactive ketones (excluding diaryl/α,β-unsaturated/α-hetero) is 1. The number of para-hydroxylation sites is 1. The van der Waals surface area contributed by atoms with Crippen molar-refractivity contribution >= 4 is 19.5 Å². The predicted octanol–water partition coefficient (Wildman–Crippen LogP) is 1.52. The van der Waals surface area contributed by atoms with E-state index >= 15 is 0 Å². The molecule has 0 unspecified atom stereocenters. The molecule has 0 bridgehead atoms. The van der Waals surface area contributed by atoms with E-state index < -0.39 is 62.2 Å². The fraction of sp³-hybridized carbons (Fsp3) is 0.500. The Labute approximate surface area is 218 Å². The molecule has 0 radical (unpaired) electrons. The van der Waals surface area contributed by atoms with E-state index in [1.807, 2.05) is 0 Å². The maximum Gasteiger partial charge on any atom is 0.459 e. The van der Waals surface area contributed by atoms with Crippen LogP contribution in [0.2, 0.25) is 0 Å². The zero-order chi connectivity index (χ0) is 28.0. The van der Waals surface area contributed by atoms with Gasteiger partial charge >= 0.3 is 19.4 Å². The number of carbonyl (C=O) groups excluding carboxylic acids is 2. The molecule has 2 heterocycles. The van der Waals surface area contributed by atoms with E-state index in [0.29, 0.717) is 0 Å². The van der Waals surface area contributed by atoms with Crippen LogP contribution in [0.4, 0.5) is 0 Å². The number of aliphatic hydroxyl groups excluding tert-OH is 1. The van der Waals surface area contributed by atoms with Crippen LogP contribution < -0.4 is 20.9 Å². The lowest BCUT2D eigenvalue weighted by Crippen LogP contribution is -2.39. The second-order valence-electron chi connectivity index (χ2n) is 9.13. The summed E-state index contributed by atoms with van der Waals surface area (Å²) in [5.74, 6) is -1.28. The van der Waals surface area contributed by atoms with Gasteiger partial charge in [-0.05, 0) is 26.0 Å². The summed E-state index contributed by atoms with van der Waals surface area (Å²) >= 11 is 0. The van der Waals surface area contributed by atoms with Crippen LogP contribution in [0.3, 0.4) is 0 Å². The second kappa shape index (κ2) is 12.6. The Bertz CT molecular complexity index is 1280. The minimum atomic E-state index is -4.27. The average Bonchev–Trinajstić information content (AvgIpc) is 3.22. The lowest BCUT2D eigenvalue weighted by molar-refractivity contribution is -0.156. The summed E-state index contributed by atoms with van der Waals surface area (Å²) in [6.07, 6.45) is -2.78. The predicted molar refractivity (Wildman–Crippen MR) is 134 cm³/mol. The number of aliphatic hydroxyl groups is 1. The van der Waals surface area contributed by atoms with Crippen LogP contribution >= 0.6 is 7.75 Å². The van der Waals surface area contributed by atoms with Crippen LogP contribution in [0.25, 0.3) is 0 Å². The zero-order valence-electron chi connectivity index (χ0n) is 21.4. The first-order valence-corrected chi connectivity index (χ1v) is 13.6. The summed E-state index contributed by atoms with van der Waals surface area (Å²) in [6.45, 7) is 5.76. The van der Waals surface area contributed by atoms with Crippen molar-refractivity contribution in [2.75, 3.05) is 6.61 Å². The van der Waals surface area contributed by atoms with Gasteiger partial charge in [0.05, 0.1) is 12.7 Å². The Morgan fingerprint density at radius 1 is 1.18 bits per heavy atom. The summed E-state index contributed by atoms with van der Waals surface area (Å²) in [4.78, 5) is 50.2. The number of nitrogens with one attached hydrogen (secondary N) is 2. The highest BCUT2D eigenvalue weighted by Crippen LogP contribution is 2.46. The molecule has 6 atom stereocenters. The number of ketones is 1. The Balaban J connectivity index is 1.71. The van der Waals surface area contributed by atoms with Crippen molar-refractivity contribution in [2.45, 2.75) is 64.7 Å². The van der Waals surface area contributed by atoms with Crippen molar-refractivity contribution < 1.29 is 37.8 Å². The van der Waals surface area contributed by atoms with Gasteiger partial charge in [0, 0.05) is 24.6 Å². The van der Waals surface area contributed by atoms with Crippen molar-refractivity contribution in [3.05, 3.63) is 63.4 Å². The normalized spacial score (nSPS) is 22.4. The van der Waals surface area contributed by atoms with Crippen LogP contribution in [0.1, 0.15) is 40.3 Å². The largest absolute Gasteiger partial charge is 0.459 e. The van der Waals surface area contributed by atoms with Gasteiger partial charge in [-0.25, -0.2) is 9.36 Å². The van der Waals surface area contributed by atoms with Gasteiger partial charge in [-0.1, -0.05) is 32.0 Å². The van der Waals surface area contributed by atoms with Crippen LogP contribution in [0.15, 0.2) is 52.2 Å². The molecule has 0 spiro atoms. The molecule has 0 amide bonds. The van der Waals surface area contributed by atoms with Crippen molar-refractivity contribution in [2.24, 2.45) is 5.92 Å².